The molecule has 0 aliphatic rings. The van der Waals surface area contributed by atoms with Crippen LogP contribution in [0.4, 0.5) is 0 Å². The highest BCUT2D eigenvalue weighted by Crippen LogP contribution is 2.44. The van der Waals surface area contributed by atoms with E-state index in [9.17, 15) is 0 Å². The third-order valence-electron chi connectivity index (χ3n) is 16.8. The van der Waals surface area contributed by atoms with E-state index in [4.69, 9.17) is 49.8 Å². The molecule has 17 aromatic rings. The molecule has 0 saturated carbocycles. The van der Waals surface area contributed by atoms with E-state index in [-0.39, 0.29) is 0 Å². The molecule has 0 spiro atoms. The van der Waals surface area contributed by atoms with E-state index in [0.717, 1.165) is 116 Å². The average molecular weight is 1180 g/mol. The number of hydrogen-bond donors (Lipinski definition) is 0. The lowest BCUT2D eigenvalue weighted by Crippen LogP contribution is -2.04. The quantitative estimate of drug-likeness (QED) is 0.116. The van der Waals surface area contributed by atoms with Crippen LogP contribution in [-0.4, -0.2) is 59.0 Å². The highest BCUT2D eigenvalue weighted by molar-refractivity contribution is 6.13. The first-order valence-electron chi connectivity index (χ1n) is 30.4. The Labute approximate surface area is 528 Å². The van der Waals surface area contributed by atoms with Gasteiger partial charge in [-0.25, -0.2) is 44.9 Å². The van der Waals surface area contributed by atoms with Gasteiger partial charge in [-0.3, -0.25) is 4.98 Å². The van der Waals surface area contributed by atoms with Crippen molar-refractivity contribution in [3.63, 3.8) is 0 Å². The molecular formula is C80H50N12. The predicted octanol–water partition coefficient (Wildman–Crippen LogP) is 18.5. The number of aromatic nitrogens is 12. The number of rotatable bonds is 12. The second kappa shape index (κ2) is 22.7. The standard InChI is InChI=1S/C80H50N12/c1-7-23-51(24-8-1)72-82-73(52-25-9-2-10-26-52)86-78(85-72)57-39-42-68-62(47-57)60-35-19-21-37-66(60)91(68)70-44-41-59(80-89-76(55-31-15-5-16-32-55)84-77(90-80)56-33-17-6-18-34-56)49-64(70)65-50-81-46-45-71(65)92-67-38-22-20-36-61(67)63-48-58(40-43-69(63)92)79-87-74(53-27-11-3-12-28-53)83-75(88-79)54-29-13-4-14-30-54/h1-50H. The summed E-state index contributed by atoms with van der Waals surface area (Å²) in [6, 6.07) is 99.3. The molecule has 0 N–H and O–H groups in total. The number of para-hydroxylation sites is 2. The van der Waals surface area contributed by atoms with E-state index in [0.29, 0.717) is 52.4 Å². The summed E-state index contributed by atoms with van der Waals surface area (Å²) in [7, 11) is 0. The molecule has 12 nitrogen and oxygen atoms in total. The molecular weight excluding hydrogens is 1130 g/mol. The zero-order valence-electron chi connectivity index (χ0n) is 49.2. The van der Waals surface area contributed by atoms with Crippen LogP contribution in [-0.2, 0) is 0 Å². The smallest absolute Gasteiger partial charge is 0.164 e. The highest BCUT2D eigenvalue weighted by atomic mass is 15.1. The Morgan fingerprint density at radius 3 is 0.815 bits per heavy atom. The Hall–Kier alpha value is -12.8. The van der Waals surface area contributed by atoms with Gasteiger partial charge >= 0.3 is 0 Å². The minimum absolute atomic E-state index is 0.526. The summed E-state index contributed by atoms with van der Waals surface area (Å²) in [6.45, 7) is 0. The molecule has 0 fully saturated rings. The molecule has 92 heavy (non-hydrogen) atoms. The summed E-state index contributed by atoms with van der Waals surface area (Å²) in [4.78, 5) is 51.2. The van der Waals surface area contributed by atoms with Crippen LogP contribution in [0.25, 0.3) is 169 Å². The van der Waals surface area contributed by atoms with Gasteiger partial charge in [-0.2, -0.15) is 0 Å². The van der Waals surface area contributed by atoms with E-state index in [1.54, 1.807) is 0 Å². The number of benzene rings is 11. The highest BCUT2D eigenvalue weighted by Gasteiger charge is 2.25. The first-order chi connectivity index (χ1) is 45.6. The molecule has 12 heteroatoms. The van der Waals surface area contributed by atoms with Gasteiger partial charge in [-0.05, 0) is 72.8 Å². The third-order valence-corrected chi connectivity index (χ3v) is 16.8. The van der Waals surface area contributed by atoms with E-state index < -0.39 is 0 Å². The molecule has 6 aromatic heterocycles. The molecule has 17 rings (SSSR count). The molecule has 0 amide bonds. The zero-order chi connectivity index (χ0) is 60.9. The van der Waals surface area contributed by atoms with Crippen LogP contribution in [0.5, 0.6) is 0 Å². The third kappa shape index (κ3) is 9.68. The number of nitrogens with zero attached hydrogens (tertiary/aromatic N) is 12. The molecule has 6 heterocycles. The van der Waals surface area contributed by atoms with E-state index in [2.05, 4.69) is 118 Å². The Morgan fingerprint density at radius 2 is 0.467 bits per heavy atom. The van der Waals surface area contributed by atoms with Crippen molar-refractivity contribution in [2.75, 3.05) is 0 Å². The minimum Gasteiger partial charge on any atom is -0.309 e. The lowest BCUT2D eigenvalue weighted by molar-refractivity contribution is 1.07. The van der Waals surface area contributed by atoms with Crippen LogP contribution in [0, 0.1) is 0 Å². The molecule has 0 aliphatic heterocycles. The fraction of sp³-hybridized carbons (Fsp3) is 0. The normalized spacial score (nSPS) is 11.5. The summed E-state index contributed by atoms with van der Waals surface area (Å²) in [6.07, 6.45) is 3.85. The largest absolute Gasteiger partial charge is 0.309 e. The summed E-state index contributed by atoms with van der Waals surface area (Å²) in [5.41, 5.74) is 15.5. The van der Waals surface area contributed by atoms with Crippen molar-refractivity contribution in [2.45, 2.75) is 0 Å². The second-order valence-electron chi connectivity index (χ2n) is 22.4. The Bertz CT molecular complexity index is 5450. The molecule has 0 unspecified atom stereocenters. The van der Waals surface area contributed by atoms with Crippen molar-refractivity contribution in [1.29, 1.82) is 0 Å². The predicted molar refractivity (Wildman–Crippen MR) is 367 cm³/mol. The van der Waals surface area contributed by atoms with Gasteiger partial charge in [-0.15, -0.1) is 0 Å². The fourth-order valence-corrected chi connectivity index (χ4v) is 12.4. The lowest BCUT2D eigenvalue weighted by atomic mass is 9.99. The Kier molecular flexibility index (Phi) is 13.2. The van der Waals surface area contributed by atoms with Gasteiger partial charge in [0, 0.05) is 95.1 Å². The summed E-state index contributed by atoms with van der Waals surface area (Å²) >= 11 is 0. The van der Waals surface area contributed by atoms with Crippen molar-refractivity contribution in [1.82, 2.24) is 59.0 Å². The first-order valence-corrected chi connectivity index (χ1v) is 30.4. The van der Waals surface area contributed by atoms with Crippen molar-refractivity contribution in [2.24, 2.45) is 0 Å². The van der Waals surface area contributed by atoms with Crippen molar-refractivity contribution in [3.8, 4) is 125 Å². The first kappa shape index (κ1) is 53.4. The molecule has 430 valence electrons. The fourth-order valence-electron chi connectivity index (χ4n) is 12.4. The van der Waals surface area contributed by atoms with Crippen molar-refractivity contribution < 1.29 is 0 Å². The van der Waals surface area contributed by atoms with Crippen LogP contribution < -0.4 is 0 Å². The Balaban J connectivity index is 0.883. The van der Waals surface area contributed by atoms with Gasteiger partial charge < -0.3 is 9.13 Å². The van der Waals surface area contributed by atoms with Crippen LogP contribution in [0.15, 0.2) is 304 Å². The van der Waals surface area contributed by atoms with Crippen LogP contribution in [0.2, 0.25) is 0 Å². The summed E-state index contributed by atoms with van der Waals surface area (Å²) in [5.74, 6) is 5.21. The second-order valence-corrected chi connectivity index (χ2v) is 22.4. The number of fused-ring (bicyclic) bond motifs is 6. The van der Waals surface area contributed by atoms with Gasteiger partial charge in [0.1, 0.15) is 0 Å². The topological polar surface area (TPSA) is 139 Å². The molecule has 0 radical (unpaired) electrons. The van der Waals surface area contributed by atoms with Crippen LogP contribution in [0.1, 0.15) is 0 Å². The van der Waals surface area contributed by atoms with E-state index in [1.165, 1.54) is 0 Å². The van der Waals surface area contributed by atoms with E-state index >= 15 is 0 Å². The average Bonchev–Trinajstić information content (AvgIpc) is 1.62. The van der Waals surface area contributed by atoms with Crippen LogP contribution in [0.3, 0.4) is 0 Å². The maximum absolute atomic E-state index is 5.27. The summed E-state index contributed by atoms with van der Waals surface area (Å²) in [5, 5.41) is 4.19. The van der Waals surface area contributed by atoms with Crippen molar-refractivity contribution >= 4 is 43.6 Å². The van der Waals surface area contributed by atoms with Crippen molar-refractivity contribution in [3.05, 3.63) is 304 Å². The Morgan fingerprint density at radius 1 is 0.196 bits per heavy atom. The van der Waals surface area contributed by atoms with E-state index in [1.807, 2.05) is 194 Å². The van der Waals surface area contributed by atoms with Gasteiger partial charge in [0.25, 0.3) is 0 Å². The molecule has 0 saturated heterocycles. The van der Waals surface area contributed by atoms with Gasteiger partial charge in [-0.1, -0.05) is 218 Å². The van der Waals surface area contributed by atoms with Gasteiger partial charge in [0.2, 0.25) is 0 Å². The van der Waals surface area contributed by atoms with Crippen LogP contribution >= 0.6 is 0 Å². The lowest BCUT2D eigenvalue weighted by Gasteiger charge is -2.19. The molecule has 11 aromatic carbocycles. The molecule has 0 aliphatic carbocycles. The maximum atomic E-state index is 5.27. The minimum atomic E-state index is 0.526. The number of pyridine rings is 1. The van der Waals surface area contributed by atoms with Gasteiger partial charge in [0.05, 0.1) is 33.4 Å². The zero-order valence-corrected chi connectivity index (χ0v) is 49.2. The molecule has 0 atom stereocenters. The summed E-state index contributed by atoms with van der Waals surface area (Å²) < 4.78 is 4.71. The maximum Gasteiger partial charge on any atom is 0.164 e. The number of hydrogen-bond acceptors (Lipinski definition) is 10. The SMILES string of the molecule is c1ccc(-c2nc(-c3ccccc3)nc(-c3ccc(-n4c5ccccc5c5cc(-c6nc(-c7ccccc7)nc(-c7ccccc7)n6)ccc54)c(-c4cnccc4-n4c5ccccc5c5cc(-c6nc(-c7ccccc7)nc(-c7ccccc7)n6)ccc54)c3)n2)cc1. The van der Waals surface area contributed by atoms with Gasteiger partial charge in [0.15, 0.2) is 52.4 Å². The molecule has 0 bridgehead atoms. The monoisotopic (exact) mass is 1180 g/mol.